The third-order valence-electron chi connectivity index (χ3n) is 2.61. The summed E-state index contributed by atoms with van der Waals surface area (Å²) in [5.41, 5.74) is 4.12. The van der Waals surface area contributed by atoms with Crippen LogP contribution in [-0.4, -0.2) is 34.7 Å². The number of aromatic carboxylic acids is 1. The van der Waals surface area contributed by atoms with Crippen LogP contribution in [0.1, 0.15) is 28.9 Å². The number of hydrogen-bond donors (Lipinski definition) is 3. The molecule has 124 valence electrons. The first-order chi connectivity index (χ1) is 9.62. The third kappa shape index (κ3) is 4.05. The van der Waals surface area contributed by atoms with Gasteiger partial charge in [-0.1, -0.05) is 15.9 Å². The van der Waals surface area contributed by atoms with Crippen LogP contribution in [0.25, 0.3) is 0 Å². The number of esters is 1. The van der Waals surface area contributed by atoms with Crippen molar-refractivity contribution in [1.82, 2.24) is 0 Å². The van der Waals surface area contributed by atoms with Crippen molar-refractivity contribution in [1.29, 1.82) is 0 Å². The molecule has 0 heterocycles. The van der Waals surface area contributed by atoms with Crippen LogP contribution >= 0.6 is 28.3 Å². The zero-order valence-electron chi connectivity index (χ0n) is 11.2. The summed E-state index contributed by atoms with van der Waals surface area (Å²) in [7, 11) is 0. The molecule has 0 saturated carbocycles. The number of carbonyl (C=O) groups is 2. The van der Waals surface area contributed by atoms with Crippen LogP contribution < -0.4 is 5.73 Å². The first-order valence-electron chi connectivity index (χ1n) is 5.69. The number of phenols is 1. The van der Waals surface area contributed by atoms with Gasteiger partial charge in [-0.3, -0.25) is 0 Å². The van der Waals surface area contributed by atoms with Gasteiger partial charge >= 0.3 is 17.9 Å². The molecule has 0 bridgehead atoms. The third-order valence-corrected chi connectivity index (χ3v) is 3.07. The van der Waals surface area contributed by atoms with Crippen molar-refractivity contribution in [3.05, 3.63) is 27.7 Å². The summed E-state index contributed by atoms with van der Waals surface area (Å²) in [5, 5.41) is 18.7. The van der Waals surface area contributed by atoms with E-state index in [1.807, 2.05) is 0 Å². The van der Waals surface area contributed by atoms with E-state index in [2.05, 4.69) is 20.7 Å². The summed E-state index contributed by atoms with van der Waals surface area (Å²) in [6, 6.07) is -0.220. The summed E-state index contributed by atoms with van der Waals surface area (Å²) >= 11 is 2.93. The molecule has 22 heavy (non-hydrogen) atoms. The average molecular weight is 405 g/mol. The van der Waals surface area contributed by atoms with E-state index in [0.29, 0.717) is 0 Å². The topological polar surface area (TPSA) is 110 Å². The Morgan fingerprint density at radius 2 is 2.00 bits per heavy atom. The van der Waals surface area contributed by atoms with Gasteiger partial charge in [-0.2, -0.15) is 8.78 Å². The van der Waals surface area contributed by atoms with E-state index in [1.54, 1.807) is 0 Å². The summed E-state index contributed by atoms with van der Waals surface area (Å²) in [5.74, 6) is -8.43. The van der Waals surface area contributed by atoms with Crippen LogP contribution in [0, 0.1) is 0 Å². The molecule has 1 aromatic carbocycles. The Hall–Kier alpha value is -1.45. The molecule has 0 aliphatic heterocycles. The molecule has 0 fully saturated rings. The van der Waals surface area contributed by atoms with E-state index in [-0.39, 0.29) is 23.5 Å². The highest BCUT2D eigenvalue weighted by Gasteiger charge is 2.49. The zero-order chi connectivity index (χ0) is 16.4. The maximum Gasteiger partial charge on any atom is 0.379 e. The maximum absolute atomic E-state index is 13.9. The number of aromatic hydroxyl groups is 1. The number of benzene rings is 1. The molecule has 1 atom stereocenters. The molecular weight excluding hydrogens is 391 g/mol. The van der Waals surface area contributed by atoms with E-state index in [0.717, 1.165) is 12.1 Å². The van der Waals surface area contributed by atoms with Crippen molar-refractivity contribution in [3.63, 3.8) is 0 Å². The van der Waals surface area contributed by atoms with E-state index in [4.69, 9.17) is 10.8 Å². The van der Waals surface area contributed by atoms with Crippen LogP contribution in [0.5, 0.6) is 5.75 Å². The van der Waals surface area contributed by atoms with Crippen LogP contribution in [0.4, 0.5) is 8.78 Å². The highest BCUT2D eigenvalue weighted by molar-refractivity contribution is 9.10. The van der Waals surface area contributed by atoms with Crippen molar-refractivity contribution in [2.75, 3.05) is 6.61 Å². The second kappa shape index (κ2) is 7.70. The van der Waals surface area contributed by atoms with Crippen molar-refractivity contribution in [2.24, 2.45) is 5.73 Å². The van der Waals surface area contributed by atoms with Gasteiger partial charge in [0.1, 0.15) is 17.4 Å². The van der Waals surface area contributed by atoms with Gasteiger partial charge in [-0.15, -0.1) is 12.4 Å². The fourth-order valence-corrected chi connectivity index (χ4v) is 2.05. The molecule has 0 aromatic heterocycles. The lowest BCUT2D eigenvalue weighted by Crippen LogP contribution is -2.41. The fourth-order valence-electron chi connectivity index (χ4n) is 1.57. The number of hydrogen-bond acceptors (Lipinski definition) is 5. The van der Waals surface area contributed by atoms with Gasteiger partial charge in [0.05, 0.1) is 6.61 Å². The van der Waals surface area contributed by atoms with Gasteiger partial charge in [0.15, 0.2) is 0 Å². The van der Waals surface area contributed by atoms with Crippen LogP contribution in [0.15, 0.2) is 16.6 Å². The monoisotopic (exact) mass is 403 g/mol. The molecule has 4 N–H and O–H groups in total. The zero-order valence-corrected chi connectivity index (χ0v) is 13.6. The highest BCUT2D eigenvalue weighted by atomic mass is 79.9. The van der Waals surface area contributed by atoms with E-state index < -0.39 is 40.8 Å². The molecule has 0 amide bonds. The molecule has 1 aromatic rings. The van der Waals surface area contributed by atoms with E-state index in [9.17, 15) is 23.5 Å². The summed E-state index contributed by atoms with van der Waals surface area (Å²) in [6.07, 6.45) is 0. The first kappa shape index (κ1) is 20.6. The van der Waals surface area contributed by atoms with Gasteiger partial charge < -0.3 is 20.7 Å². The van der Waals surface area contributed by atoms with Gasteiger partial charge in [-0.25, -0.2) is 9.59 Å². The summed E-state index contributed by atoms with van der Waals surface area (Å²) in [4.78, 5) is 22.2. The predicted molar refractivity (Wildman–Crippen MR) is 78.5 cm³/mol. The number of alkyl halides is 2. The molecule has 0 aliphatic rings. The minimum Gasteiger partial charge on any atom is -0.507 e. The SMILES string of the molecule is CCOC(=O)C(F)(F)[C@@H](N)c1cc(Br)cc(C(=O)O)c1O.Cl. The minimum atomic E-state index is -4.12. The number of carboxylic acid groups (broad SMARTS) is 1. The number of carboxylic acids is 1. The van der Waals surface area contributed by atoms with Crippen molar-refractivity contribution in [2.45, 2.75) is 18.9 Å². The average Bonchev–Trinajstić information content (AvgIpc) is 2.40. The van der Waals surface area contributed by atoms with Crippen LogP contribution in [0.3, 0.4) is 0 Å². The van der Waals surface area contributed by atoms with Crippen LogP contribution in [0.2, 0.25) is 0 Å². The van der Waals surface area contributed by atoms with Crippen molar-refractivity contribution >= 4 is 40.3 Å². The number of ether oxygens (including phenoxy) is 1. The predicted octanol–water partition coefficient (Wildman–Crippen LogP) is 2.47. The fraction of sp³-hybridized carbons (Fsp3) is 0.333. The highest BCUT2D eigenvalue weighted by Crippen LogP contribution is 2.38. The second-order valence-corrected chi connectivity index (χ2v) is 4.93. The Balaban J connectivity index is 0.00000441. The lowest BCUT2D eigenvalue weighted by Gasteiger charge is -2.23. The Kier molecular flexibility index (Phi) is 7.20. The number of rotatable bonds is 5. The van der Waals surface area contributed by atoms with Crippen LogP contribution in [-0.2, 0) is 9.53 Å². The molecule has 10 heteroatoms. The van der Waals surface area contributed by atoms with Gasteiger partial charge in [0.25, 0.3) is 0 Å². The number of nitrogens with two attached hydrogens (primary N) is 1. The molecule has 0 saturated heterocycles. The quantitative estimate of drug-likeness (QED) is 0.650. The van der Waals surface area contributed by atoms with Gasteiger partial charge in [0, 0.05) is 10.0 Å². The molecule has 0 unspecified atom stereocenters. The largest absolute Gasteiger partial charge is 0.507 e. The standard InChI is InChI=1S/C12H12BrF2NO5.ClH/c1-2-21-11(20)12(14,15)9(16)6-3-5(13)4-7(8(6)17)10(18)19;/h3-4,9,17H,2,16H2,1H3,(H,18,19);1H/t9-;/m0./s1. The van der Waals surface area contributed by atoms with E-state index in [1.165, 1.54) is 6.92 Å². The Morgan fingerprint density at radius 3 is 2.45 bits per heavy atom. The summed E-state index contributed by atoms with van der Waals surface area (Å²) in [6.45, 7) is 1.07. The molecule has 1 rings (SSSR count). The number of halogens is 4. The Labute approximate surface area is 138 Å². The maximum atomic E-state index is 13.9. The lowest BCUT2D eigenvalue weighted by molar-refractivity contribution is -0.174. The van der Waals surface area contributed by atoms with Gasteiger partial charge in [0.2, 0.25) is 0 Å². The smallest absolute Gasteiger partial charge is 0.379 e. The lowest BCUT2D eigenvalue weighted by atomic mass is 9.98. The second-order valence-electron chi connectivity index (χ2n) is 4.02. The van der Waals surface area contributed by atoms with Gasteiger partial charge in [-0.05, 0) is 19.1 Å². The normalized spacial score (nSPS) is 12.2. The minimum absolute atomic E-state index is 0. The van der Waals surface area contributed by atoms with Crippen molar-refractivity contribution in [3.8, 4) is 5.75 Å². The number of carbonyl (C=O) groups excluding carboxylic acids is 1. The molecular formula is C12H13BrClF2NO5. The Morgan fingerprint density at radius 1 is 1.45 bits per heavy atom. The first-order valence-corrected chi connectivity index (χ1v) is 6.48. The summed E-state index contributed by atoms with van der Waals surface area (Å²) < 4.78 is 32.0. The van der Waals surface area contributed by atoms with E-state index >= 15 is 0 Å². The molecule has 6 nitrogen and oxygen atoms in total. The van der Waals surface area contributed by atoms with Crippen molar-refractivity contribution < 1.29 is 33.3 Å². The Bertz CT molecular complexity index is 585. The molecule has 0 radical (unpaired) electrons. The molecule has 0 spiro atoms. The molecule has 0 aliphatic carbocycles.